The Morgan fingerprint density at radius 2 is 1.97 bits per heavy atom. The largest absolute Gasteiger partial charge is 0.384 e. The van der Waals surface area contributed by atoms with Crippen molar-refractivity contribution in [2.75, 3.05) is 5.73 Å². The van der Waals surface area contributed by atoms with Crippen LogP contribution >= 0.6 is 23.3 Å². The Balaban J connectivity index is 1.59. The second-order valence-corrected chi connectivity index (χ2v) is 9.02. The fourth-order valence-corrected chi connectivity index (χ4v) is 5.39. The van der Waals surface area contributed by atoms with Crippen molar-refractivity contribution in [3.8, 4) is 0 Å². The SMILES string of the molecule is CC1=Nc2ccc(C)cc2C1=Cc1c(N)n2c(SCc3ccccc3)nsc2nc1=O. The van der Waals surface area contributed by atoms with Crippen LogP contribution in [-0.4, -0.2) is 19.5 Å². The highest BCUT2D eigenvalue weighted by molar-refractivity contribution is 7.98. The minimum absolute atomic E-state index is 0.348. The smallest absolute Gasteiger partial charge is 0.283 e. The molecule has 2 aromatic heterocycles. The summed E-state index contributed by atoms with van der Waals surface area (Å²) in [5.74, 6) is 1.10. The third-order valence-electron chi connectivity index (χ3n) is 5.15. The lowest BCUT2D eigenvalue weighted by molar-refractivity contribution is 0.950. The van der Waals surface area contributed by atoms with Gasteiger partial charge in [0.05, 0.1) is 11.3 Å². The lowest BCUT2D eigenvalue weighted by Crippen LogP contribution is -2.16. The first-order chi connectivity index (χ1) is 15.0. The highest BCUT2D eigenvalue weighted by Gasteiger charge is 2.21. The molecule has 31 heavy (non-hydrogen) atoms. The molecule has 3 heterocycles. The summed E-state index contributed by atoms with van der Waals surface area (Å²) in [6, 6.07) is 16.3. The van der Waals surface area contributed by atoms with Crippen LogP contribution in [0.3, 0.4) is 0 Å². The number of thioether (sulfide) groups is 1. The van der Waals surface area contributed by atoms with Crippen molar-refractivity contribution >= 4 is 57.1 Å². The molecule has 0 bridgehead atoms. The van der Waals surface area contributed by atoms with Gasteiger partial charge in [-0.3, -0.25) is 9.79 Å². The number of hydrogen-bond donors (Lipinski definition) is 1. The Hall–Kier alpha value is -3.23. The average molecular weight is 446 g/mol. The molecule has 0 unspecified atom stereocenters. The zero-order valence-electron chi connectivity index (χ0n) is 17.0. The van der Waals surface area contributed by atoms with E-state index in [1.165, 1.54) is 17.1 Å². The monoisotopic (exact) mass is 445 g/mol. The highest BCUT2D eigenvalue weighted by Crippen LogP contribution is 2.37. The van der Waals surface area contributed by atoms with Crippen molar-refractivity contribution < 1.29 is 0 Å². The summed E-state index contributed by atoms with van der Waals surface area (Å²) in [7, 11) is 0. The predicted octanol–water partition coefficient (Wildman–Crippen LogP) is 4.98. The number of hydrogen-bond acceptors (Lipinski definition) is 7. The first kappa shape index (κ1) is 19.7. The molecule has 0 aliphatic carbocycles. The van der Waals surface area contributed by atoms with Crippen LogP contribution < -0.4 is 11.3 Å². The van der Waals surface area contributed by atoms with Crippen LogP contribution in [0, 0.1) is 6.92 Å². The topological polar surface area (TPSA) is 85.6 Å². The molecule has 0 saturated carbocycles. The van der Waals surface area contributed by atoms with Gasteiger partial charge in [0.2, 0.25) is 4.96 Å². The number of nitrogens with two attached hydrogens (primary N) is 1. The number of nitrogens with zero attached hydrogens (tertiary/aromatic N) is 4. The number of aryl methyl sites for hydroxylation is 1. The van der Waals surface area contributed by atoms with E-state index in [9.17, 15) is 4.79 Å². The van der Waals surface area contributed by atoms with Gasteiger partial charge in [-0.1, -0.05) is 53.7 Å². The summed E-state index contributed by atoms with van der Waals surface area (Å²) >= 11 is 2.74. The van der Waals surface area contributed by atoms with E-state index in [4.69, 9.17) is 5.73 Å². The molecule has 0 amide bonds. The lowest BCUT2D eigenvalue weighted by atomic mass is 9.99. The Kier molecular flexibility index (Phi) is 4.95. The molecule has 4 aromatic rings. The number of aromatic nitrogens is 3. The van der Waals surface area contributed by atoms with Crippen molar-refractivity contribution in [1.29, 1.82) is 0 Å². The minimum Gasteiger partial charge on any atom is -0.384 e. The van der Waals surface area contributed by atoms with Gasteiger partial charge in [-0.2, -0.15) is 9.36 Å². The van der Waals surface area contributed by atoms with Gasteiger partial charge in [-0.15, -0.1) is 0 Å². The summed E-state index contributed by atoms with van der Waals surface area (Å²) in [6.07, 6.45) is 1.81. The molecule has 8 heteroatoms. The fourth-order valence-electron chi connectivity index (χ4n) is 3.57. The quantitative estimate of drug-likeness (QED) is 0.448. The third-order valence-corrected chi connectivity index (χ3v) is 6.98. The molecular formula is C23H19N5OS2. The van der Waals surface area contributed by atoms with Crippen molar-refractivity contribution in [3.63, 3.8) is 0 Å². The molecule has 1 aliphatic heterocycles. The molecular weight excluding hydrogens is 426 g/mol. The van der Waals surface area contributed by atoms with Gasteiger partial charge in [0, 0.05) is 34.1 Å². The minimum atomic E-state index is -0.359. The van der Waals surface area contributed by atoms with Crippen LogP contribution in [-0.2, 0) is 5.75 Å². The Labute approximate surface area is 187 Å². The van der Waals surface area contributed by atoms with Crippen molar-refractivity contribution in [2.24, 2.45) is 4.99 Å². The van der Waals surface area contributed by atoms with E-state index in [2.05, 4.69) is 32.5 Å². The maximum atomic E-state index is 12.8. The standard InChI is InChI=1S/C23H19N5OS2/c1-13-8-9-19-17(10-13)16(14(2)25-19)11-18-20(24)28-22(26-21(18)29)31-27-23(28)30-12-15-6-4-3-5-7-15/h3-11H,12,24H2,1-2H3. The molecule has 154 valence electrons. The molecule has 0 atom stereocenters. The zero-order chi connectivity index (χ0) is 21.5. The molecule has 5 rings (SSSR count). The predicted molar refractivity (Wildman–Crippen MR) is 129 cm³/mol. The van der Waals surface area contributed by atoms with Crippen molar-refractivity contribution in [1.82, 2.24) is 13.8 Å². The van der Waals surface area contributed by atoms with Gasteiger partial charge in [0.1, 0.15) is 5.82 Å². The second kappa shape index (κ2) is 7.79. The molecule has 0 fully saturated rings. The summed E-state index contributed by atoms with van der Waals surface area (Å²) in [4.78, 5) is 22.2. The van der Waals surface area contributed by atoms with E-state index in [0.29, 0.717) is 16.3 Å². The van der Waals surface area contributed by atoms with E-state index in [1.807, 2.05) is 50.3 Å². The molecule has 2 N–H and O–H groups in total. The number of rotatable bonds is 4. The number of allylic oxidation sites excluding steroid dienone is 1. The van der Waals surface area contributed by atoms with Crippen LogP contribution in [0.2, 0.25) is 0 Å². The average Bonchev–Trinajstić information content (AvgIpc) is 3.30. The second-order valence-electron chi connectivity index (χ2n) is 7.35. The molecule has 0 radical (unpaired) electrons. The van der Waals surface area contributed by atoms with Crippen LogP contribution in [0.15, 0.2) is 63.5 Å². The number of aliphatic imine (C=N–C) groups is 1. The van der Waals surface area contributed by atoms with E-state index in [-0.39, 0.29) is 5.56 Å². The van der Waals surface area contributed by atoms with Crippen LogP contribution in [0.5, 0.6) is 0 Å². The lowest BCUT2D eigenvalue weighted by Gasteiger charge is -2.08. The normalized spacial score (nSPS) is 14.3. The van der Waals surface area contributed by atoms with Gasteiger partial charge < -0.3 is 5.73 Å². The maximum Gasteiger partial charge on any atom is 0.283 e. The summed E-state index contributed by atoms with van der Waals surface area (Å²) in [5, 5.41) is 0.724. The number of nitrogen functional groups attached to an aromatic ring is 1. The maximum absolute atomic E-state index is 12.8. The fraction of sp³-hybridized carbons (Fsp3) is 0.130. The van der Waals surface area contributed by atoms with Gasteiger partial charge >= 0.3 is 0 Å². The first-order valence-corrected chi connectivity index (χ1v) is 11.5. The zero-order valence-corrected chi connectivity index (χ0v) is 18.6. The van der Waals surface area contributed by atoms with Gasteiger partial charge in [-0.25, -0.2) is 4.40 Å². The van der Waals surface area contributed by atoms with Crippen LogP contribution in [0.1, 0.15) is 29.2 Å². The molecule has 0 saturated heterocycles. The number of fused-ring (bicyclic) bond motifs is 2. The van der Waals surface area contributed by atoms with Gasteiger partial charge in [-0.05, 0) is 37.6 Å². The molecule has 2 aromatic carbocycles. The van der Waals surface area contributed by atoms with E-state index in [0.717, 1.165) is 39.0 Å². The summed E-state index contributed by atoms with van der Waals surface area (Å²) < 4.78 is 6.26. The third kappa shape index (κ3) is 3.58. The van der Waals surface area contributed by atoms with Crippen molar-refractivity contribution in [2.45, 2.75) is 24.8 Å². The Bertz CT molecular complexity index is 1430. The van der Waals surface area contributed by atoms with Gasteiger partial charge in [0.25, 0.3) is 5.56 Å². The summed E-state index contributed by atoms with van der Waals surface area (Å²) in [6.45, 7) is 3.98. The molecule has 1 aliphatic rings. The number of anilines is 1. The van der Waals surface area contributed by atoms with Crippen molar-refractivity contribution in [3.05, 3.63) is 81.1 Å². The highest BCUT2D eigenvalue weighted by atomic mass is 32.2. The molecule has 6 nitrogen and oxygen atoms in total. The van der Waals surface area contributed by atoms with Crippen LogP contribution in [0.4, 0.5) is 11.5 Å². The van der Waals surface area contributed by atoms with Crippen LogP contribution in [0.25, 0.3) is 16.6 Å². The van der Waals surface area contributed by atoms with Gasteiger partial charge in [0.15, 0.2) is 5.16 Å². The van der Waals surface area contributed by atoms with E-state index < -0.39 is 0 Å². The first-order valence-electron chi connectivity index (χ1n) is 9.74. The Morgan fingerprint density at radius 1 is 1.16 bits per heavy atom. The molecule has 0 spiro atoms. The van der Waals surface area contributed by atoms with E-state index in [1.54, 1.807) is 16.2 Å². The number of benzene rings is 2. The summed E-state index contributed by atoms with van der Waals surface area (Å²) in [5.41, 5.74) is 12.5. The van der Waals surface area contributed by atoms with E-state index >= 15 is 0 Å². The Morgan fingerprint density at radius 3 is 2.77 bits per heavy atom.